The number of H-pyrrole nitrogens is 1. The molecule has 1 heterocycles. The molecule has 0 aliphatic rings. The van der Waals surface area contributed by atoms with E-state index in [9.17, 15) is 23.7 Å². The molecule has 0 fully saturated rings. The van der Waals surface area contributed by atoms with Gasteiger partial charge >= 0.3 is 5.82 Å². The van der Waals surface area contributed by atoms with E-state index in [4.69, 9.17) is 5.11 Å². The minimum Gasteiger partial charge on any atom is -0.390 e. The summed E-state index contributed by atoms with van der Waals surface area (Å²) in [5.74, 6) is -4.75. The highest BCUT2D eigenvalue weighted by Gasteiger charge is 2.29. The molecule has 7 nitrogen and oxygen atoms in total. The van der Waals surface area contributed by atoms with Crippen molar-refractivity contribution in [3.8, 4) is 0 Å². The lowest BCUT2D eigenvalue weighted by molar-refractivity contribution is -0.389. The van der Waals surface area contributed by atoms with E-state index in [1.807, 2.05) is 5.32 Å². The van der Waals surface area contributed by atoms with Crippen LogP contribution in [0.25, 0.3) is 0 Å². The summed E-state index contributed by atoms with van der Waals surface area (Å²) < 4.78 is 25.2. The average molecular weight is 249 g/mol. The van der Waals surface area contributed by atoms with E-state index < -0.39 is 35.7 Å². The largest absolute Gasteiger partial charge is 0.390 e. The van der Waals surface area contributed by atoms with Gasteiger partial charge in [-0.25, -0.2) is 13.8 Å². The number of aliphatic hydroxyl groups excluding tert-OH is 1. The number of nitrogens with one attached hydrogen (secondary N) is 2. The Bertz CT molecular complexity index is 432. The van der Waals surface area contributed by atoms with E-state index in [1.54, 1.807) is 0 Å². The zero-order valence-electron chi connectivity index (χ0n) is 8.44. The van der Waals surface area contributed by atoms with Crippen LogP contribution in [0.3, 0.4) is 0 Å². The number of carbonyl (C=O) groups is 1. The molecule has 1 aromatic rings. The van der Waals surface area contributed by atoms with Gasteiger partial charge in [-0.1, -0.05) is 0 Å². The van der Waals surface area contributed by atoms with E-state index in [2.05, 4.69) is 4.98 Å². The zero-order valence-corrected chi connectivity index (χ0v) is 8.44. The van der Waals surface area contributed by atoms with Gasteiger partial charge in [-0.2, -0.15) is 0 Å². The van der Waals surface area contributed by atoms with E-state index in [0.29, 0.717) is 0 Å². The highest BCUT2D eigenvalue weighted by Crippen LogP contribution is 2.12. The van der Waals surface area contributed by atoms with Crippen molar-refractivity contribution in [1.29, 1.82) is 0 Å². The highest BCUT2D eigenvalue weighted by molar-refractivity contribution is 5.92. The number of alkyl halides is 2. The first-order valence-electron chi connectivity index (χ1n) is 4.46. The predicted octanol–water partition coefficient (Wildman–Crippen LogP) is 0.280. The Hall–Kier alpha value is -2.03. The predicted molar refractivity (Wildman–Crippen MR) is 51.8 cm³/mol. The van der Waals surface area contributed by atoms with Gasteiger partial charge in [0.05, 0.1) is 6.54 Å². The zero-order chi connectivity index (χ0) is 13.1. The lowest BCUT2D eigenvalue weighted by Gasteiger charge is -2.12. The Kier molecular flexibility index (Phi) is 3.73. The molecule has 9 heteroatoms. The summed E-state index contributed by atoms with van der Waals surface area (Å²) in [6, 6.07) is 2.14. The van der Waals surface area contributed by atoms with Crippen LogP contribution < -0.4 is 5.32 Å². The van der Waals surface area contributed by atoms with Gasteiger partial charge in [0.25, 0.3) is 11.8 Å². The van der Waals surface area contributed by atoms with Crippen molar-refractivity contribution in [2.45, 2.75) is 5.92 Å². The number of carbonyl (C=O) groups excluding carboxylic acids is 1. The Morgan fingerprint density at radius 2 is 2.24 bits per heavy atom. The first-order chi connectivity index (χ1) is 7.85. The second kappa shape index (κ2) is 4.87. The van der Waals surface area contributed by atoms with Crippen molar-refractivity contribution in [2.24, 2.45) is 0 Å². The number of hydrogen-bond acceptors (Lipinski definition) is 4. The maximum atomic E-state index is 12.6. The SMILES string of the molecule is O=C(NCC(F)(F)CO)c1ccc([N+](=O)[O-])[nH]1. The summed E-state index contributed by atoms with van der Waals surface area (Å²) in [5.41, 5.74) is -0.203. The highest BCUT2D eigenvalue weighted by atomic mass is 19.3. The molecule has 0 unspecified atom stereocenters. The molecular formula is C8H9F2N3O4. The van der Waals surface area contributed by atoms with E-state index in [1.165, 1.54) is 0 Å². The number of nitro groups is 1. The second-order valence-electron chi connectivity index (χ2n) is 3.21. The normalized spacial score (nSPS) is 11.2. The van der Waals surface area contributed by atoms with E-state index >= 15 is 0 Å². The lowest BCUT2D eigenvalue weighted by Crippen LogP contribution is -2.39. The van der Waals surface area contributed by atoms with Gasteiger partial charge in [0.2, 0.25) is 0 Å². The van der Waals surface area contributed by atoms with Crippen LogP contribution in [-0.4, -0.2) is 40.0 Å². The van der Waals surface area contributed by atoms with Gasteiger partial charge in [-0.3, -0.25) is 4.79 Å². The number of hydrogen-bond donors (Lipinski definition) is 3. The lowest BCUT2D eigenvalue weighted by atomic mass is 10.3. The van der Waals surface area contributed by atoms with Crippen LogP contribution in [0.5, 0.6) is 0 Å². The van der Waals surface area contributed by atoms with Crippen molar-refractivity contribution in [2.75, 3.05) is 13.2 Å². The van der Waals surface area contributed by atoms with E-state index in [-0.39, 0.29) is 5.69 Å². The van der Waals surface area contributed by atoms with Crippen LogP contribution in [0.4, 0.5) is 14.6 Å². The topological polar surface area (TPSA) is 108 Å². The van der Waals surface area contributed by atoms with Gasteiger partial charge in [0.15, 0.2) is 5.69 Å². The minimum absolute atomic E-state index is 0.203. The molecule has 0 atom stereocenters. The molecule has 94 valence electrons. The van der Waals surface area contributed by atoms with Gasteiger partial charge in [-0.05, 0) is 11.0 Å². The molecule has 0 aliphatic carbocycles. The molecule has 1 rings (SSSR count). The summed E-state index contributed by atoms with van der Waals surface area (Å²) in [5, 5.41) is 20.4. The molecule has 0 saturated heterocycles. The Labute approximate surface area is 93.6 Å². The molecule has 17 heavy (non-hydrogen) atoms. The third-order valence-electron chi connectivity index (χ3n) is 1.85. The third-order valence-corrected chi connectivity index (χ3v) is 1.85. The number of aromatic amines is 1. The fraction of sp³-hybridized carbons (Fsp3) is 0.375. The van der Waals surface area contributed by atoms with Gasteiger partial charge in [0, 0.05) is 6.07 Å². The van der Waals surface area contributed by atoms with Crippen molar-refractivity contribution >= 4 is 11.7 Å². The Balaban J connectivity index is 2.61. The minimum atomic E-state index is -3.42. The van der Waals surface area contributed by atoms with Crippen LogP contribution in [0.2, 0.25) is 0 Å². The molecular weight excluding hydrogens is 240 g/mol. The molecule has 0 radical (unpaired) electrons. The van der Waals surface area contributed by atoms with Crippen LogP contribution in [0.1, 0.15) is 10.5 Å². The molecule has 0 spiro atoms. The van der Waals surface area contributed by atoms with Gasteiger partial charge in [0.1, 0.15) is 6.61 Å². The van der Waals surface area contributed by atoms with Crippen LogP contribution in [-0.2, 0) is 0 Å². The molecule has 1 aromatic heterocycles. The van der Waals surface area contributed by atoms with Crippen molar-refractivity contribution < 1.29 is 23.6 Å². The number of rotatable bonds is 5. The summed E-state index contributed by atoms with van der Waals surface area (Å²) in [6.07, 6.45) is 0. The fourth-order valence-corrected chi connectivity index (χ4v) is 0.983. The van der Waals surface area contributed by atoms with Crippen molar-refractivity contribution in [1.82, 2.24) is 10.3 Å². The summed E-state index contributed by atoms with van der Waals surface area (Å²) >= 11 is 0. The maximum Gasteiger partial charge on any atom is 0.321 e. The summed E-state index contributed by atoms with van der Waals surface area (Å²) in [4.78, 5) is 23.0. The standard InChI is InChI=1S/C8H9F2N3O4/c9-8(10,4-14)3-11-7(15)5-1-2-6(12-5)13(16)17/h1-2,12,14H,3-4H2,(H,11,15). The molecule has 1 amide bonds. The van der Waals surface area contributed by atoms with Crippen LogP contribution >= 0.6 is 0 Å². The number of nitrogens with zero attached hydrogens (tertiary/aromatic N) is 1. The van der Waals surface area contributed by atoms with Gasteiger partial charge < -0.3 is 20.5 Å². The maximum absolute atomic E-state index is 12.6. The summed E-state index contributed by atoms with van der Waals surface area (Å²) in [6.45, 7) is -2.44. The molecule has 0 aromatic carbocycles. The molecule has 0 aliphatic heterocycles. The monoisotopic (exact) mass is 249 g/mol. The molecule has 3 N–H and O–H groups in total. The molecule has 0 saturated carbocycles. The number of halogens is 2. The molecule has 0 bridgehead atoms. The average Bonchev–Trinajstić information content (AvgIpc) is 2.75. The third kappa shape index (κ3) is 3.48. The van der Waals surface area contributed by atoms with Crippen LogP contribution in [0, 0.1) is 10.1 Å². The number of amides is 1. The number of aliphatic hydroxyl groups is 1. The Morgan fingerprint density at radius 3 is 2.71 bits per heavy atom. The first kappa shape index (κ1) is 13.0. The van der Waals surface area contributed by atoms with E-state index in [0.717, 1.165) is 12.1 Å². The van der Waals surface area contributed by atoms with Gasteiger partial charge in [-0.15, -0.1) is 0 Å². The second-order valence-corrected chi connectivity index (χ2v) is 3.21. The smallest absolute Gasteiger partial charge is 0.321 e. The van der Waals surface area contributed by atoms with Crippen molar-refractivity contribution in [3.05, 3.63) is 27.9 Å². The Morgan fingerprint density at radius 1 is 1.59 bits per heavy atom. The summed E-state index contributed by atoms with van der Waals surface area (Å²) in [7, 11) is 0. The first-order valence-corrected chi connectivity index (χ1v) is 4.46. The number of aromatic nitrogens is 1. The quantitative estimate of drug-likeness (QED) is 0.514. The van der Waals surface area contributed by atoms with Crippen molar-refractivity contribution in [3.63, 3.8) is 0 Å². The fourth-order valence-electron chi connectivity index (χ4n) is 0.983. The van der Waals surface area contributed by atoms with Crippen LogP contribution in [0.15, 0.2) is 12.1 Å².